The van der Waals surface area contributed by atoms with Crippen LogP contribution >= 0.6 is 11.6 Å². The van der Waals surface area contributed by atoms with E-state index in [1.54, 1.807) is 24.0 Å². The molecular weight excluding hydrogens is 682 g/mol. The van der Waals surface area contributed by atoms with E-state index in [1.165, 1.54) is 0 Å². The van der Waals surface area contributed by atoms with Crippen LogP contribution in [0.5, 0.6) is 0 Å². The zero-order valence-corrected chi connectivity index (χ0v) is 31.5. The molecule has 2 aromatic carbocycles. The van der Waals surface area contributed by atoms with E-state index in [-0.39, 0.29) is 42.6 Å². The van der Waals surface area contributed by atoms with E-state index >= 15 is 0 Å². The number of rotatable bonds is 6. The fourth-order valence-corrected chi connectivity index (χ4v) is 7.76. The Kier molecular flexibility index (Phi) is 13.0. The van der Waals surface area contributed by atoms with Crippen molar-refractivity contribution in [1.82, 2.24) is 15.5 Å². The average Bonchev–Trinajstić information content (AvgIpc) is 3.40. The molecule has 3 aliphatic heterocycles. The Bertz CT molecular complexity index is 1620. The van der Waals surface area contributed by atoms with Gasteiger partial charge in [0.1, 0.15) is 17.2 Å². The Hall–Kier alpha value is -4.02. The van der Waals surface area contributed by atoms with Crippen LogP contribution in [0.4, 0.5) is 0 Å². The van der Waals surface area contributed by atoms with Gasteiger partial charge in [0.2, 0.25) is 11.8 Å². The molecule has 10 nitrogen and oxygen atoms in total. The van der Waals surface area contributed by atoms with Gasteiger partial charge in [-0.05, 0) is 94.2 Å². The lowest BCUT2D eigenvalue weighted by atomic mass is 9.92. The van der Waals surface area contributed by atoms with Gasteiger partial charge in [-0.1, -0.05) is 67.5 Å². The van der Waals surface area contributed by atoms with Gasteiger partial charge in [-0.2, -0.15) is 0 Å². The number of halogens is 1. The van der Waals surface area contributed by atoms with Crippen LogP contribution < -0.4 is 10.6 Å². The Balaban J connectivity index is 0.000000289. The number of esters is 2. The van der Waals surface area contributed by atoms with E-state index in [0.29, 0.717) is 31.5 Å². The van der Waals surface area contributed by atoms with Crippen LogP contribution in [0.15, 0.2) is 66.7 Å². The third-order valence-electron chi connectivity index (χ3n) is 10.3. The predicted molar refractivity (Wildman–Crippen MR) is 199 cm³/mol. The Morgan fingerprint density at radius 1 is 0.962 bits per heavy atom. The number of amides is 2. The van der Waals surface area contributed by atoms with Crippen LogP contribution in [0.2, 0.25) is 0 Å². The summed E-state index contributed by atoms with van der Waals surface area (Å²) in [5.41, 5.74) is 1.03. The number of benzene rings is 2. The molecule has 1 aliphatic carbocycles. The molecule has 0 aromatic heterocycles. The van der Waals surface area contributed by atoms with Gasteiger partial charge in [0, 0.05) is 43.0 Å². The zero-order chi connectivity index (χ0) is 37.5. The highest BCUT2D eigenvalue weighted by atomic mass is 35.5. The van der Waals surface area contributed by atoms with E-state index in [4.69, 9.17) is 21.1 Å². The maximum Gasteiger partial charge on any atom is 0.332 e. The maximum atomic E-state index is 14.0. The third kappa shape index (κ3) is 9.69. The van der Waals surface area contributed by atoms with Crippen LogP contribution in [0, 0.1) is 23.7 Å². The largest absolute Gasteiger partial charge is 0.464 e. The molecule has 6 atom stereocenters. The van der Waals surface area contributed by atoms with Gasteiger partial charge in [-0.3, -0.25) is 19.2 Å². The Morgan fingerprint density at radius 3 is 2.35 bits per heavy atom. The van der Waals surface area contributed by atoms with Crippen molar-refractivity contribution in [2.45, 2.75) is 89.8 Å². The molecule has 0 unspecified atom stereocenters. The van der Waals surface area contributed by atoms with Crippen LogP contribution in [0.3, 0.4) is 0 Å². The molecule has 11 heteroatoms. The molecule has 2 saturated heterocycles. The van der Waals surface area contributed by atoms with Crippen molar-refractivity contribution in [3.63, 3.8) is 0 Å². The average molecular weight is 734 g/mol. The summed E-state index contributed by atoms with van der Waals surface area (Å²) in [5, 5.41) is 5.97. The molecule has 280 valence electrons. The summed E-state index contributed by atoms with van der Waals surface area (Å²) in [6, 6.07) is 16.6. The molecule has 2 N–H and O–H groups in total. The molecule has 2 aromatic rings. The maximum absolute atomic E-state index is 14.0. The minimum atomic E-state index is -1.07. The fourth-order valence-electron chi connectivity index (χ4n) is 7.63. The Morgan fingerprint density at radius 2 is 1.67 bits per heavy atom. The number of allylic oxidation sites excluding steroid dienone is 1. The lowest BCUT2D eigenvalue weighted by molar-refractivity contribution is -0.159. The molecule has 52 heavy (non-hydrogen) atoms. The van der Waals surface area contributed by atoms with Crippen molar-refractivity contribution in [1.29, 1.82) is 0 Å². The first-order chi connectivity index (χ1) is 24.8. The van der Waals surface area contributed by atoms with Gasteiger partial charge in [-0.15, -0.1) is 0 Å². The van der Waals surface area contributed by atoms with Gasteiger partial charge < -0.3 is 25.0 Å². The number of nitrogens with one attached hydrogen (secondary N) is 2. The zero-order valence-electron chi connectivity index (χ0n) is 30.7. The summed E-state index contributed by atoms with van der Waals surface area (Å²) in [4.78, 5) is 66.0. The lowest BCUT2D eigenvalue weighted by Gasteiger charge is -2.32. The molecular formula is C41H52ClN3O7. The molecule has 0 spiro atoms. The first-order valence-electron chi connectivity index (χ1n) is 18.6. The SMILES string of the molecule is CCOC(=O)[C@@]12C[C@H]1/C=C\CCCCC[C@H](CC(=O)OC(C)(C)C)C(=O)N1C[C@@H]3CNC[C@@H]3[C@H]1C(=O)N2.O=C(Cl)c1ccc(-c2ccccc2)cc1. The number of ether oxygens (including phenoxy) is 2. The second-order valence-electron chi connectivity index (χ2n) is 15.3. The summed E-state index contributed by atoms with van der Waals surface area (Å²) >= 11 is 5.36. The number of hydrogen-bond donors (Lipinski definition) is 2. The molecule has 1 saturated carbocycles. The van der Waals surface area contributed by atoms with Gasteiger partial charge in [0.25, 0.3) is 5.24 Å². The number of nitrogens with zero attached hydrogens (tertiary/aromatic N) is 1. The van der Waals surface area contributed by atoms with Crippen molar-refractivity contribution in [2.75, 3.05) is 26.2 Å². The van der Waals surface area contributed by atoms with E-state index in [0.717, 1.165) is 43.4 Å². The number of carbonyl (C=O) groups excluding carboxylic acids is 5. The van der Waals surface area contributed by atoms with Crippen molar-refractivity contribution >= 4 is 40.6 Å². The summed E-state index contributed by atoms with van der Waals surface area (Å²) in [7, 11) is 0. The molecule has 3 fully saturated rings. The second-order valence-corrected chi connectivity index (χ2v) is 15.6. The summed E-state index contributed by atoms with van der Waals surface area (Å²) in [6.45, 7) is 9.29. The molecule has 6 rings (SSSR count). The minimum absolute atomic E-state index is 0.00324. The number of carbonyl (C=O) groups is 5. The van der Waals surface area contributed by atoms with Crippen LogP contribution in [0.1, 0.15) is 83.0 Å². The fraction of sp³-hybridized carbons (Fsp3) is 0.537. The first kappa shape index (κ1) is 39.2. The van der Waals surface area contributed by atoms with Gasteiger partial charge >= 0.3 is 11.9 Å². The lowest BCUT2D eigenvalue weighted by Crippen LogP contribution is -2.56. The first-order valence-corrected chi connectivity index (χ1v) is 18.9. The second kappa shape index (κ2) is 17.2. The highest BCUT2D eigenvalue weighted by Gasteiger charge is 2.63. The normalized spacial score (nSPS) is 27.9. The standard InChI is InChI=1S/C28H43N3O6.C13H9ClO/c1-5-36-26(35)28-14-20(28)12-10-8-6-7-9-11-18(13-22(32)37-27(2,3)4)25(34)31-17-19-15-29-16-21(19)23(31)24(33)30-28;14-13(15)12-8-6-11(7-9-12)10-4-2-1-3-5-10/h10,12,18-21,23,29H,5-9,11,13-17H2,1-4H3,(H,30,33);1-9H/b12-10-;/t18-,19+,20-,21+,23+,28-;/m1./s1. The van der Waals surface area contributed by atoms with Crippen LogP contribution in [-0.2, 0) is 28.7 Å². The smallest absolute Gasteiger partial charge is 0.332 e. The highest BCUT2D eigenvalue weighted by Crippen LogP contribution is 2.47. The van der Waals surface area contributed by atoms with Crippen LogP contribution in [0.25, 0.3) is 11.1 Å². The van der Waals surface area contributed by atoms with Crippen molar-refractivity contribution in [3.05, 3.63) is 72.3 Å². The topological polar surface area (TPSA) is 131 Å². The third-order valence-corrected chi connectivity index (χ3v) is 10.5. The number of fused-ring (bicyclic) bond motifs is 4. The van der Waals surface area contributed by atoms with Gasteiger partial charge in [-0.25, -0.2) is 4.79 Å². The highest BCUT2D eigenvalue weighted by molar-refractivity contribution is 6.67. The predicted octanol–water partition coefficient (Wildman–Crippen LogP) is 6.07. The molecule has 3 heterocycles. The van der Waals surface area contributed by atoms with E-state index < -0.39 is 40.3 Å². The Labute approximate surface area is 312 Å². The van der Waals surface area contributed by atoms with Crippen molar-refractivity contribution in [3.8, 4) is 11.1 Å². The quantitative estimate of drug-likeness (QED) is 0.208. The molecule has 0 bridgehead atoms. The molecule has 2 amide bonds. The van der Waals surface area contributed by atoms with Crippen molar-refractivity contribution < 1.29 is 33.4 Å². The van der Waals surface area contributed by atoms with Crippen molar-refractivity contribution in [2.24, 2.45) is 23.7 Å². The van der Waals surface area contributed by atoms with E-state index in [2.05, 4.69) is 16.7 Å². The number of hydrogen-bond acceptors (Lipinski definition) is 8. The van der Waals surface area contributed by atoms with E-state index in [1.807, 2.05) is 69.3 Å². The van der Waals surface area contributed by atoms with E-state index in [9.17, 15) is 24.0 Å². The summed E-state index contributed by atoms with van der Waals surface area (Å²) < 4.78 is 10.9. The summed E-state index contributed by atoms with van der Waals surface area (Å²) in [5.74, 6) is -1.79. The van der Waals surface area contributed by atoms with Gasteiger partial charge in [0.15, 0.2) is 0 Å². The van der Waals surface area contributed by atoms with Gasteiger partial charge in [0.05, 0.1) is 13.0 Å². The molecule has 4 aliphatic rings. The minimum Gasteiger partial charge on any atom is -0.464 e. The molecule has 0 radical (unpaired) electrons. The summed E-state index contributed by atoms with van der Waals surface area (Å²) in [6.07, 6.45) is 8.77. The monoisotopic (exact) mass is 733 g/mol. The van der Waals surface area contributed by atoms with Crippen LogP contribution in [-0.4, -0.2) is 77.3 Å².